The second kappa shape index (κ2) is 10.00. The molecule has 0 aliphatic heterocycles. The van der Waals surface area contributed by atoms with E-state index in [2.05, 4.69) is 42.6 Å². The molecule has 0 saturated carbocycles. The molecule has 0 spiro atoms. The number of aromatic nitrogens is 3. The minimum atomic E-state index is 0.518. The van der Waals surface area contributed by atoms with E-state index < -0.39 is 0 Å². The Morgan fingerprint density at radius 3 is 2.14 bits per heavy atom. The Morgan fingerprint density at radius 2 is 1.47 bits per heavy atom. The Hall–Kier alpha value is -4.52. The first-order valence-corrected chi connectivity index (χ1v) is 11.7. The molecule has 2 heterocycles. The van der Waals surface area contributed by atoms with E-state index >= 15 is 0 Å². The van der Waals surface area contributed by atoms with Gasteiger partial charge in [-0.25, -0.2) is 4.98 Å². The Morgan fingerprint density at radius 1 is 0.750 bits per heavy atom. The average molecular weight is 481 g/mol. The third-order valence-corrected chi connectivity index (χ3v) is 6.01. The summed E-state index contributed by atoms with van der Waals surface area (Å²) in [5, 5.41) is 8.43. The van der Waals surface area contributed by atoms with Crippen molar-refractivity contribution in [2.24, 2.45) is 0 Å². The lowest BCUT2D eigenvalue weighted by atomic mass is 10.1. The van der Waals surface area contributed by atoms with Gasteiger partial charge in [-0.15, -0.1) is 0 Å². The van der Waals surface area contributed by atoms with Crippen molar-refractivity contribution in [3.05, 3.63) is 90.0 Å². The van der Waals surface area contributed by atoms with Crippen LogP contribution in [0.5, 0.6) is 17.2 Å². The molecule has 182 valence electrons. The number of methoxy groups -OCH3 is 3. The number of ether oxygens (including phenoxy) is 3. The van der Waals surface area contributed by atoms with Gasteiger partial charge in [-0.3, -0.25) is 0 Å². The largest absolute Gasteiger partial charge is 0.493 e. The standard InChI is InChI=1S/C29H28N4O3/c1-19-9-8-12-22(13-19)24-17-28-31-23(21-10-6-5-7-11-21)16-27(33(28)32-24)30-18-20-14-25(34-2)29(36-4)26(15-20)35-3/h5-17,30H,18H2,1-4H3. The Labute approximate surface area is 210 Å². The van der Waals surface area contributed by atoms with Crippen LogP contribution in [0.3, 0.4) is 0 Å². The first-order chi connectivity index (χ1) is 17.6. The zero-order valence-corrected chi connectivity index (χ0v) is 20.8. The van der Waals surface area contributed by atoms with Crippen LogP contribution in [0.4, 0.5) is 5.82 Å². The topological polar surface area (TPSA) is 69.9 Å². The van der Waals surface area contributed by atoms with Crippen LogP contribution in [-0.2, 0) is 6.54 Å². The van der Waals surface area contributed by atoms with Crippen molar-refractivity contribution >= 4 is 11.5 Å². The van der Waals surface area contributed by atoms with E-state index in [-0.39, 0.29) is 0 Å². The Bertz CT molecular complexity index is 1490. The van der Waals surface area contributed by atoms with Gasteiger partial charge in [0.2, 0.25) is 5.75 Å². The van der Waals surface area contributed by atoms with Gasteiger partial charge < -0.3 is 19.5 Å². The molecular formula is C29H28N4O3. The predicted molar refractivity (Wildman–Crippen MR) is 142 cm³/mol. The third-order valence-electron chi connectivity index (χ3n) is 6.01. The van der Waals surface area contributed by atoms with Crippen LogP contribution in [0.2, 0.25) is 0 Å². The summed E-state index contributed by atoms with van der Waals surface area (Å²) in [5.41, 5.74) is 6.75. The molecule has 0 fully saturated rings. The summed E-state index contributed by atoms with van der Waals surface area (Å²) in [6.45, 7) is 2.60. The molecule has 7 nitrogen and oxygen atoms in total. The van der Waals surface area contributed by atoms with Crippen molar-refractivity contribution in [1.82, 2.24) is 14.6 Å². The van der Waals surface area contributed by atoms with Gasteiger partial charge in [0.25, 0.3) is 0 Å². The van der Waals surface area contributed by atoms with E-state index in [1.807, 2.05) is 53.0 Å². The summed E-state index contributed by atoms with van der Waals surface area (Å²) in [6, 6.07) is 26.4. The minimum Gasteiger partial charge on any atom is -0.493 e. The van der Waals surface area contributed by atoms with Gasteiger partial charge in [-0.2, -0.15) is 9.61 Å². The van der Waals surface area contributed by atoms with Gasteiger partial charge in [-0.1, -0.05) is 54.1 Å². The van der Waals surface area contributed by atoms with Gasteiger partial charge >= 0.3 is 0 Å². The van der Waals surface area contributed by atoms with E-state index in [1.165, 1.54) is 5.56 Å². The van der Waals surface area contributed by atoms with E-state index in [4.69, 9.17) is 24.3 Å². The van der Waals surface area contributed by atoms with Crippen molar-refractivity contribution in [2.45, 2.75) is 13.5 Å². The highest BCUT2D eigenvalue weighted by Crippen LogP contribution is 2.38. The van der Waals surface area contributed by atoms with E-state index in [1.54, 1.807) is 21.3 Å². The van der Waals surface area contributed by atoms with E-state index in [0.29, 0.717) is 23.8 Å². The molecule has 5 rings (SSSR count). The zero-order valence-electron chi connectivity index (χ0n) is 20.8. The lowest BCUT2D eigenvalue weighted by Crippen LogP contribution is -2.07. The summed E-state index contributed by atoms with van der Waals surface area (Å²) in [4.78, 5) is 4.91. The average Bonchev–Trinajstić information content (AvgIpc) is 3.36. The number of benzene rings is 3. The summed E-state index contributed by atoms with van der Waals surface area (Å²) < 4.78 is 18.3. The monoisotopic (exact) mass is 480 g/mol. The molecule has 5 aromatic rings. The normalized spacial score (nSPS) is 10.9. The summed E-state index contributed by atoms with van der Waals surface area (Å²) >= 11 is 0. The van der Waals surface area contributed by atoms with E-state index in [9.17, 15) is 0 Å². The zero-order chi connectivity index (χ0) is 25.1. The summed E-state index contributed by atoms with van der Waals surface area (Å²) in [6.07, 6.45) is 0. The number of hydrogen-bond acceptors (Lipinski definition) is 6. The highest BCUT2D eigenvalue weighted by Gasteiger charge is 2.15. The predicted octanol–water partition coefficient (Wildman–Crippen LogP) is 6.01. The summed E-state index contributed by atoms with van der Waals surface area (Å²) in [7, 11) is 4.83. The Kier molecular flexibility index (Phi) is 6.45. The number of nitrogens with zero attached hydrogens (tertiary/aromatic N) is 3. The number of aryl methyl sites for hydroxylation is 1. The molecule has 0 aliphatic carbocycles. The molecule has 3 aromatic carbocycles. The third kappa shape index (κ3) is 4.55. The lowest BCUT2D eigenvalue weighted by molar-refractivity contribution is 0.324. The molecule has 0 unspecified atom stereocenters. The molecule has 36 heavy (non-hydrogen) atoms. The van der Waals surface area contributed by atoms with Crippen molar-refractivity contribution in [3.8, 4) is 39.8 Å². The van der Waals surface area contributed by atoms with E-state index in [0.717, 1.165) is 39.5 Å². The molecule has 0 saturated heterocycles. The Balaban J connectivity index is 1.57. The fraction of sp³-hybridized carbons (Fsp3) is 0.172. The highest BCUT2D eigenvalue weighted by atomic mass is 16.5. The van der Waals surface area contributed by atoms with Crippen LogP contribution in [0, 0.1) is 6.92 Å². The molecule has 2 aromatic heterocycles. The van der Waals surface area contributed by atoms with Crippen molar-refractivity contribution in [1.29, 1.82) is 0 Å². The first-order valence-electron chi connectivity index (χ1n) is 11.7. The van der Waals surface area contributed by atoms with Gasteiger partial charge in [0.15, 0.2) is 17.1 Å². The highest BCUT2D eigenvalue weighted by molar-refractivity contribution is 5.71. The lowest BCUT2D eigenvalue weighted by Gasteiger charge is -2.15. The van der Waals surface area contributed by atoms with Gasteiger partial charge in [0, 0.05) is 29.8 Å². The van der Waals surface area contributed by atoms with Gasteiger partial charge in [0.05, 0.1) is 32.7 Å². The van der Waals surface area contributed by atoms with Crippen LogP contribution in [-0.4, -0.2) is 35.9 Å². The number of nitrogens with one attached hydrogen (secondary N) is 1. The molecule has 1 N–H and O–H groups in total. The molecule has 0 radical (unpaired) electrons. The quantitative estimate of drug-likeness (QED) is 0.293. The molecule has 0 atom stereocenters. The number of fused-ring (bicyclic) bond motifs is 1. The number of rotatable bonds is 8. The number of anilines is 1. The SMILES string of the molecule is COc1cc(CNc2cc(-c3ccccc3)nc3cc(-c4cccc(C)c4)nn23)cc(OC)c1OC. The second-order valence-electron chi connectivity index (χ2n) is 8.45. The second-order valence-corrected chi connectivity index (χ2v) is 8.45. The van der Waals surface area contributed by atoms with Crippen LogP contribution < -0.4 is 19.5 Å². The fourth-order valence-electron chi connectivity index (χ4n) is 4.23. The van der Waals surface area contributed by atoms with Crippen molar-refractivity contribution < 1.29 is 14.2 Å². The molecule has 0 aliphatic rings. The van der Waals surface area contributed by atoms with Crippen molar-refractivity contribution in [2.75, 3.05) is 26.6 Å². The smallest absolute Gasteiger partial charge is 0.203 e. The van der Waals surface area contributed by atoms with Crippen LogP contribution in [0.15, 0.2) is 78.9 Å². The van der Waals surface area contributed by atoms with Gasteiger partial charge in [0.1, 0.15) is 5.82 Å². The first kappa shape index (κ1) is 23.2. The van der Waals surface area contributed by atoms with Crippen LogP contribution in [0.1, 0.15) is 11.1 Å². The number of hydrogen-bond donors (Lipinski definition) is 1. The summed E-state index contributed by atoms with van der Waals surface area (Å²) in [5.74, 6) is 2.61. The van der Waals surface area contributed by atoms with Gasteiger partial charge in [-0.05, 0) is 30.7 Å². The molecular weight excluding hydrogens is 452 g/mol. The maximum absolute atomic E-state index is 5.52. The van der Waals surface area contributed by atoms with Crippen molar-refractivity contribution in [3.63, 3.8) is 0 Å². The molecule has 7 heteroatoms. The molecule has 0 amide bonds. The molecule has 0 bridgehead atoms. The van der Waals surface area contributed by atoms with Crippen LogP contribution in [0.25, 0.3) is 28.2 Å². The fourth-order valence-corrected chi connectivity index (χ4v) is 4.23. The maximum atomic E-state index is 5.52. The van der Waals surface area contributed by atoms with Crippen LogP contribution >= 0.6 is 0 Å². The maximum Gasteiger partial charge on any atom is 0.203 e. The minimum absolute atomic E-state index is 0.518.